The first-order chi connectivity index (χ1) is 18.5. The quantitative estimate of drug-likeness (QED) is 0.279. The molecule has 0 spiro atoms. The molecule has 0 aromatic heterocycles. The summed E-state index contributed by atoms with van der Waals surface area (Å²) in [4.78, 5) is 31.6. The van der Waals surface area contributed by atoms with Gasteiger partial charge in [-0.05, 0) is 54.1 Å². The van der Waals surface area contributed by atoms with Crippen molar-refractivity contribution in [2.75, 3.05) is 49.0 Å². The van der Waals surface area contributed by atoms with E-state index in [9.17, 15) is 27.9 Å². The molecule has 3 aromatic carbocycles. The lowest BCUT2D eigenvalue weighted by Gasteiger charge is -2.28. The van der Waals surface area contributed by atoms with E-state index >= 15 is 0 Å². The fourth-order valence-corrected chi connectivity index (χ4v) is 4.85. The van der Waals surface area contributed by atoms with Gasteiger partial charge in [-0.2, -0.15) is 13.2 Å². The number of aliphatic hydroxyl groups is 1. The topological polar surface area (TPSA) is 73.3 Å². The third-order valence-corrected chi connectivity index (χ3v) is 6.95. The van der Waals surface area contributed by atoms with E-state index in [1.165, 1.54) is 12.1 Å². The van der Waals surface area contributed by atoms with E-state index in [-0.39, 0.29) is 16.8 Å². The zero-order valence-corrected chi connectivity index (χ0v) is 21.5. The van der Waals surface area contributed by atoms with Crippen molar-refractivity contribution in [2.24, 2.45) is 0 Å². The molecule has 0 bridgehead atoms. The summed E-state index contributed by atoms with van der Waals surface area (Å²) in [5.41, 5.74) is 0.999. The van der Waals surface area contributed by atoms with Gasteiger partial charge < -0.3 is 19.6 Å². The summed E-state index contributed by atoms with van der Waals surface area (Å²) in [5, 5.41) is 11.5. The van der Waals surface area contributed by atoms with Gasteiger partial charge in [0.2, 0.25) is 0 Å². The molecule has 1 unspecified atom stereocenters. The van der Waals surface area contributed by atoms with Crippen LogP contribution in [0.25, 0.3) is 5.76 Å². The van der Waals surface area contributed by atoms with Crippen molar-refractivity contribution in [1.29, 1.82) is 0 Å². The third kappa shape index (κ3) is 4.67. The normalized spacial score (nSPS) is 18.7. The van der Waals surface area contributed by atoms with E-state index in [0.29, 0.717) is 30.2 Å². The van der Waals surface area contributed by atoms with Crippen molar-refractivity contribution in [3.8, 4) is 5.75 Å². The van der Waals surface area contributed by atoms with Crippen molar-refractivity contribution in [3.05, 3.63) is 89.0 Å². The van der Waals surface area contributed by atoms with Crippen LogP contribution in [-0.2, 0) is 15.8 Å². The molecule has 0 radical (unpaired) electrons. The molecule has 2 aliphatic heterocycles. The molecule has 2 heterocycles. The lowest BCUT2D eigenvalue weighted by Crippen LogP contribution is -2.29. The van der Waals surface area contributed by atoms with Gasteiger partial charge in [-0.3, -0.25) is 14.5 Å². The highest BCUT2D eigenvalue weighted by Crippen LogP contribution is 2.44. The summed E-state index contributed by atoms with van der Waals surface area (Å²) in [7, 11) is 5.56. The van der Waals surface area contributed by atoms with E-state index in [0.717, 1.165) is 22.7 Å². The highest BCUT2D eigenvalue weighted by molar-refractivity contribution is 6.51. The molecule has 10 heteroatoms. The van der Waals surface area contributed by atoms with Gasteiger partial charge in [0.1, 0.15) is 18.1 Å². The summed E-state index contributed by atoms with van der Waals surface area (Å²) < 4.78 is 46.2. The molecule has 0 saturated carbocycles. The first kappa shape index (κ1) is 26.1. The van der Waals surface area contributed by atoms with Crippen LogP contribution in [0.5, 0.6) is 5.75 Å². The van der Waals surface area contributed by atoms with Gasteiger partial charge in [0.05, 0.1) is 29.4 Å². The van der Waals surface area contributed by atoms with E-state index in [1.54, 1.807) is 42.5 Å². The molecule has 7 nitrogen and oxygen atoms in total. The molecule has 5 rings (SSSR count). The monoisotopic (exact) mass is 537 g/mol. The highest BCUT2D eigenvalue weighted by atomic mass is 19.4. The lowest BCUT2D eigenvalue weighted by atomic mass is 9.94. The Hall–Kier alpha value is -4.47. The molecule has 0 aliphatic carbocycles. The second-order valence-electron chi connectivity index (χ2n) is 9.66. The third-order valence-electron chi connectivity index (χ3n) is 6.95. The maximum atomic E-state index is 13.5. The van der Waals surface area contributed by atoms with Crippen LogP contribution in [0.3, 0.4) is 0 Å². The molecular weight excluding hydrogens is 511 g/mol. The predicted molar refractivity (Wildman–Crippen MR) is 142 cm³/mol. The molecule has 1 fully saturated rings. The number of hydrogen-bond acceptors (Lipinski definition) is 6. The number of ketones is 1. The SMILES string of the molecule is CN(C)c1ccc(C2/C(=C(/O)c3ccc4c(c3)N(C)CCO4)C(=O)C(=O)N2c2cccc(C(F)(F)F)c2)cc1. The van der Waals surface area contributed by atoms with E-state index in [4.69, 9.17) is 4.74 Å². The number of anilines is 3. The molecule has 3 aromatic rings. The Bertz CT molecular complexity index is 1480. The molecular formula is C29H26F3N3O4. The summed E-state index contributed by atoms with van der Waals surface area (Å²) in [6.07, 6.45) is -4.65. The second-order valence-corrected chi connectivity index (χ2v) is 9.66. The number of rotatable bonds is 4. The molecule has 39 heavy (non-hydrogen) atoms. The van der Waals surface area contributed by atoms with Crippen molar-refractivity contribution in [1.82, 2.24) is 0 Å². The van der Waals surface area contributed by atoms with E-state index in [2.05, 4.69) is 0 Å². The Morgan fingerprint density at radius 2 is 1.74 bits per heavy atom. The number of aliphatic hydroxyl groups excluding tert-OH is 1. The number of fused-ring (bicyclic) bond motifs is 1. The van der Waals surface area contributed by atoms with E-state index < -0.39 is 35.2 Å². The number of carbonyl (C=O) groups excluding carboxylic acids is 2. The number of benzene rings is 3. The summed E-state index contributed by atoms with van der Waals surface area (Å²) >= 11 is 0. The van der Waals surface area contributed by atoms with Crippen molar-refractivity contribution >= 4 is 34.5 Å². The molecule has 1 N–H and O–H groups in total. The van der Waals surface area contributed by atoms with Crippen LogP contribution < -0.4 is 19.4 Å². The Labute approximate surface area is 223 Å². The Morgan fingerprint density at radius 3 is 2.41 bits per heavy atom. The number of likely N-dealkylation sites (N-methyl/N-ethyl adjacent to an activating group) is 1. The Balaban J connectivity index is 1.70. The van der Waals surface area contributed by atoms with Gasteiger partial charge >= 0.3 is 6.18 Å². The summed E-state index contributed by atoms with van der Waals surface area (Å²) in [6, 6.07) is 14.9. The molecule has 1 amide bonds. The van der Waals surface area contributed by atoms with Crippen LogP contribution in [0.4, 0.5) is 30.2 Å². The van der Waals surface area contributed by atoms with Crippen molar-refractivity contribution in [2.45, 2.75) is 12.2 Å². The fraction of sp³-hybridized carbons (Fsp3) is 0.241. The standard InChI is InChI=1S/C29H26F3N3O4/c1-33(2)20-10-7-17(8-11-20)25-24(26(36)18-9-12-23-22(15-18)34(3)13-14-39-23)27(37)28(38)35(25)21-6-4-5-19(16-21)29(30,31)32/h4-12,15-16,25,36H,13-14H2,1-3H3/b26-24-. The zero-order chi connectivity index (χ0) is 28.1. The number of nitrogens with zero attached hydrogens (tertiary/aromatic N) is 3. The van der Waals surface area contributed by atoms with Gasteiger partial charge in [0.25, 0.3) is 11.7 Å². The number of Topliss-reactive ketones (excluding diaryl/α,β-unsaturated/α-hetero) is 1. The first-order valence-electron chi connectivity index (χ1n) is 12.2. The number of carbonyl (C=O) groups is 2. The minimum Gasteiger partial charge on any atom is -0.507 e. The van der Waals surface area contributed by atoms with Gasteiger partial charge in [0, 0.05) is 38.1 Å². The van der Waals surface area contributed by atoms with Crippen LogP contribution in [0.15, 0.2) is 72.3 Å². The van der Waals surface area contributed by atoms with Crippen molar-refractivity contribution in [3.63, 3.8) is 0 Å². The first-order valence-corrected chi connectivity index (χ1v) is 12.2. The summed E-state index contributed by atoms with van der Waals surface area (Å²) in [6.45, 7) is 1.12. The van der Waals surface area contributed by atoms with Crippen LogP contribution >= 0.6 is 0 Å². The van der Waals surface area contributed by atoms with Gasteiger partial charge in [-0.25, -0.2) is 0 Å². The minimum atomic E-state index is -4.65. The molecule has 1 atom stereocenters. The van der Waals surface area contributed by atoms with E-state index in [1.807, 2.05) is 30.9 Å². The number of hydrogen-bond donors (Lipinski definition) is 1. The van der Waals surface area contributed by atoms with Crippen LogP contribution in [0.2, 0.25) is 0 Å². The number of ether oxygens (including phenoxy) is 1. The van der Waals surface area contributed by atoms with Crippen LogP contribution in [0.1, 0.15) is 22.7 Å². The number of alkyl halides is 3. The van der Waals surface area contributed by atoms with Crippen LogP contribution in [0, 0.1) is 0 Å². The average molecular weight is 538 g/mol. The molecule has 2 aliphatic rings. The van der Waals surface area contributed by atoms with Crippen LogP contribution in [-0.4, -0.2) is 51.1 Å². The maximum Gasteiger partial charge on any atom is 0.416 e. The second kappa shape index (κ2) is 9.68. The average Bonchev–Trinajstić information content (AvgIpc) is 3.18. The predicted octanol–water partition coefficient (Wildman–Crippen LogP) is 5.23. The molecule has 202 valence electrons. The van der Waals surface area contributed by atoms with Crippen molar-refractivity contribution < 1.29 is 32.6 Å². The largest absolute Gasteiger partial charge is 0.507 e. The Kier molecular flexibility index (Phi) is 6.49. The number of amides is 1. The molecule has 1 saturated heterocycles. The Morgan fingerprint density at radius 1 is 1.03 bits per heavy atom. The smallest absolute Gasteiger partial charge is 0.416 e. The lowest BCUT2D eigenvalue weighted by molar-refractivity contribution is -0.137. The summed E-state index contributed by atoms with van der Waals surface area (Å²) in [5.74, 6) is -1.84. The van der Waals surface area contributed by atoms with Gasteiger partial charge in [-0.1, -0.05) is 18.2 Å². The minimum absolute atomic E-state index is 0.105. The van der Waals surface area contributed by atoms with Gasteiger partial charge in [0.15, 0.2) is 0 Å². The number of halogens is 3. The maximum absolute atomic E-state index is 13.5. The highest BCUT2D eigenvalue weighted by Gasteiger charge is 2.47. The zero-order valence-electron chi connectivity index (χ0n) is 21.5. The van der Waals surface area contributed by atoms with Gasteiger partial charge in [-0.15, -0.1) is 0 Å². The fourth-order valence-electron chi connectivity index (χ4n) is 4.85.